The summed E-state index contributed by atoms with van der Waals surface area (Å²) in [5.74, 6) is -0.195. The zero-order valence-corrected chi connectivity index (χ0v) is 12.0. The van der Waals surface area contributed by atoms with Crippen molar-refractivity contribution in [1.82, 2.24) is 4.90 Å². The molecule has 0 radical (unpaired) electrons. The summed E-state index contributed by atoms with van der Waals surface area (Å²) < 4.78 is 13.9. The summed E-state index contributed by atoms with van der Waals surface area (Å²) in [6, 6.07) is 15.0. The molecule has 0 bridgehead atoms. The number of nitrogens with two attached hydrogens (primary N) is 1. The van der Waals surface area contributed by atoms with Crippen LogP contribution >= 0.6 is 0 Å². The molecule has 2 rings (SSSR count). The number of nitrogens with zero attached hydrogens (tertiary/aromatic N) is 1. The lowest BCUT2D eigenvalue weighted by Gasteiger charge is -2.28. The molecule has 1 atom stereocenters. The van der Waals surface area contributed by atoms with Crippen molar-refractivity contribution in [3.05, 3.63) is 71.0 Å². The van der Waals surface area contributed by atoms with E-state index in [2.05, 4.69) is 24.0 Å². The number of hydrogen-bond donors (Lipinski definition) is 1. The highest BCUT2D eigenvalue weighted by Gasteiger charge is 2.19. The van der Waals surface area contributed by atoms with Crippen molar-refractivity contribution in [3.8, 4) is 0 Å². The maximum Gasteiger partial charge on any atom is 0.128 e. The van der Waals surface area contributed by atoms with Crippen molar-refractivity contribution in [1.29, 1.82) is 0 Å². The maximum atomic E-state index is 13.9. The fourth-order valence-electron chi connectivity index (χ4n) is 2.46. The van der Waals surface area contributed by atoms with Gasteiger partial charge in [0.05, 0.1) is 0 Å². The number of aryl methyl sites for hydroxylation is 1. The van der Waals surface area contributed by atoms with Crippen LogP contribution in [0, 0.1) is 12.7 Å². The second kappa shape index (κ2) is 6.64. The third kappa shape index (κ3) is 3.24. The molecule has 20 heavy (non-hydrogen) atoms. The monoisotopic (exact) mass is 272 g/mol. The van der Waals surface area contributed by atoms with Gasteiger partial charge in [-0.25, -0.2) is 4.39 Å². The Kier molecular flexibility index (Phi) is 4.88. The van der Waals surface area contributed by atoms with Crippen LogP contribution in [0.2, 0.25) is 0 Å². The van der Waals surface area contributed by atoms with E-state index in [4.69, 9.17) is 5.73 Å². The molecule has 2 aromatic rings. The molecule has 0 aromatic heterocycles. The molecule has 2 aromatic carbocycles. The Morgan fingerprint density at radius 2 is 1.75 bits per heavy atom. The van der Waals surface area contributed by atoms with Gasteiger partial charge in [-0.1, -0.05) is 42.5 Å². The Morgan fingerprint density at radius 3 is 2.40 bits per heavy atom. The SMILES string of the molecule is Cc1ccccc1CN(C)C(CN)c1ccccc1F. The minimum atomic E-state index is -0.195. The van der Waals surface area contributed by atoms with Crippen molar-refractivity contribution < 1.29 is 4.39 Å². The summed E-state index contributed by atoms with van der Waals surface area (Å²) in [6.45, 7) is 3.23. The molecule has 0 fully saturated rings. The van der Waals surface area contributed by atoms with Crippen LogP contribution in [0.25, 0.3) is 0 Å². The molecule has 0 amide bonds. The lowest BCUT2D eigenvalue weighted by molar-refractivity contribution is 0.236. The highest BCUT2D eigenvalue weighted by molar-refractivity contribution is 5.26. The van der Waals surface area contributed by atoms with Crippen LogP contribution in [-0.4, -0.2) is 18.5 Å². The van der Waals surface area contributed by atoms with Gasteiger partial charge in [-0.3, -0.25) is 4.90 Å². The molecule has 1 unspecified atom stereocenters. The van der Waals surface area contributed by atoms with Gasteiger partial charge in [0, 0.05) is 24.7 Å². The van der Waals surface area contributed by atoms with Gasteiger partial charge >= 0.3 is 0 Å². The van der Waals surface area contributed by atoms with Crippen LogP contribution in [0.5, 0.6) is 0 Å². The molecule has 0 heterocycles. The van der Waals surface area contributed by atoms with Crippen LogP contribution < -0.4 is 5.73 Å². The number of halogens is 1. The van der Waals surface area contributed by atoms with Gasteiger partial charge in [0.1, 0.15) is 5.82 Å². The minimum absolute atomic E-state index is 0.115. The van der Waals surface area contributed by atoms with Crippen LogP contribution in [0.3, 0.4) is 0 Å². The highest BCUT2D eigenvalue weighted by Crippen LogP contribution is 2.23. The Hall–Kier alpha value is -1.71. The standard InChI is InChI=1S/C17H21FN2/c1-13-7-3-4-8-14(13)12-20(2)17(11-19)15-9-5-6-10-16(15)18/h3-10,17H,11-12,19H2,1-2H3. The third-order valence-electron chi connectivity index (χ3n) is 3.70. The van der Waals surface area contributed by atoms with Crippen LogP contribution in [0.15, 0.2) is 48.5 Å². The molecule has 0 aliphatic carbocycles. The van der Waals surface area contributed by atoms with Gasteiger partial charge in [-0.2, -0.15) is 0 Å². The molecule has 0 spiro atoms. The second-order valence-corrected chi connectivity index (χ2v) is 5.11. The first-order valence-corrected chi connectivity index (χ1v) is 6.82. The van der Waals surface area contributed by atoms with Crippen molar-refractivity contribution in [2.75, 3.05) is 13.6 Å². The van der Waals surface area contributed by atoms with E-state index in [1.54, 1.807) is 12.1 Å². The van der Waals surface area contributed by atoms with Gasteiger partial charge in [0.2, 0.25) is 0 Å². The number of rotatable bonds is 5. The molecular formula is C17H21FN2. The predicted octanol–water partition coefficient (Wildman–Crippen LogP) is 3.27. The second-order valence-electron chi connectivity index (χ2n) is 5.11. The molecule has 0 saturated heterocycles. The van der Waals surface area contributed by atoms with Crippen molar-refractivity contribution in [2.45, 2.75) is 19.5 Å². The van der Waals surface area contributed by atoms with Gasteiger partial charge in [0.25, 0.3) is 0 Å². The lowest BCUT2D eigenvalue weighted by atomic mass is 10.0. The van der Waals surface area contributed by atoms with Crippen LogP contribution in [0.4, 0.5) is 4.39 Å². The smallest absolute Gasteiger partial charge is 0.128 e. The molecule has 0 aliphatic heterocycles. The summed E-state index contributed by atoms with van der Waals surface area (Å²) in [4.78, 5) is 2.10. The van der Waals surface area contributed by atoms with E-state index in [1.165, 1.54) is 17.2 Å². The Bertz CT molecular complexity index is 568. The van der Waals surface area contributed by atoms with E-state index in [1.807, 2.05) is 25.2 Å². The summed E-state index contributed by atoms with van der Waals surface area (Å²) in [5, 5.41) is 0. The number of benzene rings is 2. The molecule has 0 saturated carbocycles. The normalized spacial score (nSPS) is 12.7. The molecule has 0 aliphatic rings. The summed E-state index contributed by atoms with van der Waals surface area (Å²) in [7, 11) is 1.98. The number of likely N-dealkylation sites (N-methyl/N-ethyl adjacent to an activating group) is 1. The minimum Gasteiger partial charge on any atom is -0.329 e. The van der Waals surface area contributed by atoms with Gasteiger partial charge in [0.15, 0.2) is 0 Å². The van der Waals surface area contributed by atoms with Gasteiger partial charge in [-0.05, 0) is 31.2 Å². The first kappa shape index (κ1) is 14.7. The largest absolute Gasteiger partial charge is 0.329 e. The summed E-state index contributed by atoms with van der Waals surface area (Å²) in [6.07, 6.45) is 0. The van der Waals surface area contributed by atoms with Crippen molar-refractivity contribution in [3.63, 3.8) is 0 Å². The molecule has 2 nitrogen and oxygen atoms in total. The van der Waals surface area contributed by atoms with E-state index < -0.39 is 0 Å². The molecule has 2 N–H and O–H groups in total. The third-order valence-corrected chi connectivity index (χ3v) is 3.70. The fraction of sp³-hybridized carbons (Fsp3) is 0.294. The van der Waals surface area contributed by atoms with E-state index in [0.717, 1.165) is 6.54 Å². The maximum absolute atomic E-state index is 13.9. The average Bonchev–Trinajstić information content (AvgIpc) is 2.44. The summed E-state index contributed by atoms with van der Waals surface area (Å²) >= 11 is 0. The average molecular weight is 272 g/mol. The zero-order chi connectivity index (χ0) is 14.5. The Balaban J connectivity index is 2.20. The Morgan fingerprint density at radius 1 is 1.10 bits per heavy atom. The van der Waals surface area contributed by atoms with E-state index in [-0.39, 0.29) is 11.9 Å². The van der Waals surface area contributed by atoms with Crippen LogP contribution in [-0.2, 0) is 6.54 Å². The fourth-order valence-corrected chi connectivity index (χ4v) is 2.46. The number of hydrogen-bond acceptors (Lipinski definition) is 2. The first-order chi connectivity index (χ1) is 9.63. The van der Waals surface area contributed by atoms with Gasteiger partial charge in [-0.15, -0.1) is 0 Å². The highest BCUT2D eigenvalue weighted by atomic mass is 19.1. The van der Waals surface area contributed by atoms with Crippen LogP contribution in [0.1, 0.15) is 22.7 Å². The molecular weight excluding hydrogens is 251 g/mol. The predicted molar refractivity (Wildman–Crippen MR) is 80.8 cm³/mol. The van der Waals surface area contributed by atoms with E-state index in [0.29, 0.717) is 12.1 Å². The summed E-state index contributed by atoms with van der Waals surface area (Å²) in [5.41, 5.74) is 9.00. The quantitative estimate of drug-likeness (QED) is 0.905. The molecule has 3 heteroatoms. The Labute approximate surface area is 120 Å². The lowest BCUT2D eigenvalue weighted by Crippen LogP contribution is -2.31. The zero-order valence-electron chi connectivity index (χ0n) is 12.0. The topological polar surface area (TPSA) is 29.3 Å². The van der Waals surface area contributed by atoms with E-state index >= 15 is 0 Å². The molecule has 106 valence electrons. The van der Waals surface area contributed by atoms with E-state index in [9.17, 15) is 4.39 Å². The van der Waals surface area contributed by atoms with Gasteiger partial charge < -0.3 is 5.73 Å². The van der Waals surface area contributed by atoms with Crippen molar-refractivity contribution >= 4 is 0 Å². The first-order valence-electron chi connectivity index (χ1n) is 6.82. The van der Waals surface area contributed by atoms with Crippen molar-refractivity contribution in [2.24, 2.45) is 5.73 Å².